The SMILES string of the molecule is COc1ccc(S(=O)(=O)NCc2ccc3c(c2)oc(=O)n3C)cc1. The molecule has 0 atom stereocenters. The van der Waals surface area contributed by atoms with Crippen LogP contribution in [0.3, 0.4) is 0 Å². The van der Waals surface area contributed by atoms with E-state index in [-0.39, 0.29) is 11.4 Å². The van der Waals surface area contributed by atoms with Crippen LogP contribution >= 0.6 is 0 Å². The Balaban J connectivity index is 1.79. The van der Waals surface area contributed by atoms with Crippen LogP contribution in [0.1, 0.15) is 5.56 Å². The molecule has 126 valence electrons. The predicted octanol–water partition coefficient (Wildman–Crippen LogP) is 1.62. The first-order chi connectivity index (χ1) is 11.4. The van der Waals surface area contributed by atoms with Crippen LogP contribution < -0.4 is 15.2 Å². The standard InChI is InChI=1S/C16H16N2O5S/c1-18-14-8-3-11(9-15(14)23-16(18)19)10-17-24(20,21)13-6-4-12(22-2)5-7-13/h3-9,17H,10H2,1-2H3. The Morgan fingerprint density at radius 3 is 2.54 bits per heavy atom. The Kier molecular flexibility index (Phi) is 4.16. The molecule has 3 aromatic rings. The molecule has 0 saturated carbocycles. The number of oxazole rings is 1. The summed E-state index contributed by atoms with van der Waals surface area (Å²) in [6.07, 6.45) is 0. The van der Waals surface area contributed by atoms with Gasteiger partial charge in [-0.3, -0.25) is 4.57 Å². The number of aromatic nitrogens is 1. The van der Waals surface area contributed by atoms with Crippen molar-refractivity contribution in [2.45, 2.75) is 11.4 Å². The Morgan fingerprint density at radius 2 is 1.88 bits per heavy atom. The van der Waals surface area contributed by atoms with Gasteiger partial charge in [0.15, 0.2) is 5.58 Å². The maximum Gasteiger partial charge on any atom is 0.419 e. The van der Waals surface area contributed by atoms with Gasteiger partial charge in [-0.15, -0.1) is 0 Å². The summed E-state index contributed by atoms with van der Waals surface area (Å²) in [6.45, 7) is 0.0862. The molecule has 1 N–H and O–H groups in total. The van der Waals surface area contributed by atoms with E-state index in [2.05, 4.69) is 4.72 Å². The highest BCUT2D eigenvalue weighted by atomic mass is 32.2. The number of nitrogens with one attached hydrogen (secondary N) is 1. The number of sulfonamides is 1. The molecule has 0 radical (unpaired) electrons. The van der Waals surface area contributed by atoms with Gasteiger partial charge < -0.3 is 9.15 Å². The molecule has 8 heteroatoms. The third kappa shape index (κ3) is 3.06. The van der Waals surface area contributed by atoms with Crippen LogP contribution in [0.25, 0.3) is 11.1 Å². The molecule has 3 rings (SSSR count). The molecule has 7 nitrogen and oxygen atoms in total. The summed E-state index contributed by atoms with van der Waals surface area (Å²) in [5, 5.41) is 0. The number of methoxy groups -OCH3 is 1. The summed E-state index contributed by atoms with van der Waals surface area (Å²) in [5.41, 5.74) is 1.76. The molecule has 0 aliphatic rings. The molecule has 0 saturated heterocycles. The maximum absolute atomic E-state index is 12.3. The van der Waals surface area contributed by atoms with Crippen molar-refractivity contribution in [3.05, 3.63) is 58.6 Å². The van der Waals surface area contributed by atoms with Crippen LogP contribution in [0, 0.1) is 0 Å². The van der Waals surface area contributed by atoms with E-state index in [9.17, 15) is 13.2 Å². The van der Waals surface area contributed by atoms with Gasteiger partial charge in [0.25, 0.3) is 0 Å². The van der Waals surface area contributed by atoms with Crippen molar-refractivity contribution in [3.8, 4) is 5.75 Å². The van der Waals surface area contributed by atoms with E-state index in [0.29, 0.717) is 22.4 Å². The first kappa shape index (κ1) is 16.3. The van der Waals surface area contributed by atoms with Crippen molar-refractivity contribution in [2.24, 2.45) is 7.05 Å². The van der Waals surface area contributed by atoms with Gasteiger partial charge in [-0.05, 0) is 42.0 Å². The average Bonchev–Trinajstić information content (AvgIpc) is 2.87. The monoisotopic (exact) mass is 348 g/mol. The number of fused-ring (bicyclic) bond motifs is 1. The topological polar surface area (TPSA) is 90.5 Å². The van der Waals surface area contributed by atoms with Crippen molar-refractivity contribution >= 4 is 21.1 Å². The zero-order chi connectivity index (χ0) is 17.3. The van der Waals surface area contributed by atoms with E-state index in [1.165, 1.54) is 23.8 Å². The smallest absolute Gasteiger partial charge is 0.419 e. The van der Waals surface area contributed by atoms with Crippen molar-refractivity contribution in [1.29, 1.82) is 0 Å². The van der Waals surface area contributed by atoms with Crippen LogP contribution in [0.15, 0.2) is 56.6 Å². The van der Waals surface area contributed by atoms with Gasteiger partial charge in [0.05, 0.1) is 17.5 Å². The summed E-state index contributed by atoms with van der Waals surface area (Å²) < 4.78 is 38.6. The highest BCUT2D eigenvalue weighted by molar-refractivity contribution is 7.89. The number of hydrogen-bond acceptors (Lipinski definition) is 5. The van der Waals surface area contributed by atoms with Crippen LogP contribution in [-0.4, -0.2) is 20.1 Å². The molecule has 1 aromatic heterocycles. The van der Waals surface area contributed by atoms with Crippen LogP contribution in [-0.2, 0) is 23.6 Å². The fraction of sp³-hybridized carbons (Fsp3) is 0.188. The number of benzene rings is 2. The van der Waals surface area contributed by atoms with Crippen LogP contribution in [0.4, 0.5) is 0 Å². The molecule has 24 heavy (non-hydrogen) atoms. The summed E-state index contributed by atoms with van der Waals surface area (Å²) >= 11 is 0. The van der Waals surface area contributed by atoms with Gasteiger partial charge in [0, 0.05) is 13.6 Å². The van der Waals surface area contributed by atoms with E-state index in [1.807, 2.05) is 0 Å². The van der Waals surface area contributed by atoms with E-state index in [0.717, 1.165) is 0 Å². The average molecular weight is 348 g/mol. The Bertz CT molecular complexity index is 1030. The Morgan fingerprint density at radius 1 is 1.17 bits per heavy atom. The predicted molar refractivity (Wildman–Crippen MR) is 88.5 cm³/mol. The molecule has 0 fully saturated rings. The van der Waals surface area contributed by atoms with E-state index < -0.39 is 15.8 Å². The lowest BCUT2D eigenvalue weighted by Crippen LogP contribution is -2.23. The maximum atomic E-state index is 12.3. The lowest BCUT2D eigenvalue weighted by Gasteiger charge is -2.08. The van der Waals surface area contributed by atoms with Crippen LogP contribution in [0.5, 0.6) is 5.75 Å². The lowest BCUT2D eigenvalue weighted by molar-refractivity contribution is 0.414. The first-order valence-corrected chi connectivity index (χ1v) is 8.61. The third-order valence-corrected chi connectivity index (χ3v) is 5.11. The molecular weight excluding hydrogens is 332 g/mol. The molecule has 0 aliphatic heterocycles. The summed E-state index contributed by atoms with van der Waals surface area (Å²) in [5.74, 6) is 0.125. The highest BCUT2D eigenvalue weighted by Crippen LogP contribution is 2.17. The van der Waals surface area contributed by atoms with Crippen molar-refractivity contribution in [2.75, 3.05) is 7.11 Å². The second-order valence-electron chi connectivity index (χ2n) is 5.23. The number of ether oxygens (including phenoxy) is 1. The van der Waals surface area contributed by atoms with Crippen molar-refractivity contribution in [3.63, 3.8) is 0 Å². The fourth-order valence-corrected chi connectivity index (χ4v) is 3.32. The Labute approximate surface area is 138 Å². The van der Waals surface area contributed by atoms with Gasteiger partial charge in [0.2, 0.25) is 10.0 Å². The van der Waals surface area contributed by atoms with E-state index in [4.69, 9.17) is 9.15 Å². The number of hydrogen-bond donors (Lipinski definition) is 1. The fourth-order valence-electron chi connectivity index (χ4n) is 2.30. The molecule has 2 aromatic carbocycles. The summed E-state index contributed by atoms with van der Waals surface area (Å²) in [4.78, 5) is 11.6. The largest absolute Gasteiger partial charge is 0.497 e. The van der Waals surface area contributed by atoms with Gasteiger partial charge in [-0.1, -0.05) is 6.07 Å². The lowest BCUT2D eigenvalue weighted by atomic mass is 10.2. The van der Waals surface area contributed by atoms with Crippen molar-refractivity contribution < 1.29 is 17.6 Å². The van der Waals surface area contributed by atoms with E-state index >= 15 is 0 Å². The Hall–Kier alpha value is -2.58. The molecule has 0 aliphatic carbocycles. The minimum Gasteiger partial charge on any atom is -0.497 e. The number of rotatable bonds is 5. The van der Waals surface area contributed by atoms with Gasteiger partial charge >= 0.3 is 5.76 Å². The molecule has 0 bridgehead atoms. The quantitative estimate of drug-likeness (QED) is 0.757. The number of nitrogens with zero attached hydrogens (tertiary/aromatic N) is 1. The minimum absolute atomic E-state index is 0.0862. The molecule has 0 spiro atoms. The van der Waals surface area contributed by atoms with Gasteiger partial charge in [-0.25, -0.2) is 17.9 Å². The van der Waals surface area contributed by atoms with E-state index in [1.54, 1.807) is 37.4 Å². The highest BCUT2D eigenvalue weighted by Gasteiger charge is 2.14. The van der Waals surface area contributed by atoms with Gasteiger partial charge in [0.1, 0.15) is 5.75 Å². The normalized spacial score (nSPS) is 11.8. The first-order valence-electron chi connectivity index (χ1n) is 7.13. The second kappa shape index (κ2) is 6.14. The number of aryl methyl sites for hydroxylation is 1. The van der Waals surface area contributed by atoms with Gasteiger partial charge in [-0.2, -0.15) is 0 Å². The third-order valence-electron chi connectivity index (χ3n) is 3.69. The summed E-state index contributed by atoms with van der Waals surface area (Å²) in [7, 11) is -0.518. The second-order valence-corrected chi connectivity index (χ2v) is 7.00. The zero-order valence-electron chi connectivity index (χ0n) is 13.1. The molecule has 0 amide bonds. The summed E-state index contributed by atoms with van der Waals surface area (Å²) in [6, 6.07) is 11.2. The minimum atomic E-state index is -3.64. The van der Waals surface area contributed by atoms with Crippen LogP contribution in [0.2, 0.25) is 0 Å². The van der Waals surface area contributed by atoms with Crippen molar-refractivity contribution in [1.82, 2.24) is 9.29 Å². The molecule has 0 unspecified atom stereocenters. The molecule has 1 heterocycles. The molecular formula is C16H16N2O5S. The zero-order valence-corrected chi connectivity index (χ0v) is 14.0.